The first kappa shape index (κ1) is 19.8. The fourth-order valence-corrected chi connectivity index (χ4v) is 2.50. The number of rotatable bonds is 4. The molecule has 0 saturated heterocycles. The minimum absolute atomic E-state index is 0.783. The van der Waals surface area contributed by atoms with Crippen LogP contribution in [0.1, 0.15) is 18.1 Å². The van der Waals surface area contributed by atoms with Crippen LogP contribution in [0, 0.1) is 0 Å². The van der Waals surface area contributed by atoms with Gasteiger partial charge in [0.1, 0.15) is 0 Å². The molecular weight excluding hydrogens is 328 g/mol. The molecule has 3 rings (SSSR count). The zero-order valence-corrected chi connectivity index (χ0v) is 15.7. The molecule has 4 N–H and O–H groups in total. The second-order valence-corrected chi connectivity index (χ2v) is 5.93. The summed E-state index contributed by atoms with van der Waals surface area (Å²) in [5, 5.41) is 0. The molecule has 0 spiro atoms. The van der Waals surface area contributed by atoms with Gasteiger partial charge in [0, 0.05) is 11.4 Å². The van der Waals surface area contributed by atoms with E-state index in [1.165, 1.54) is 11.1 Å². The van der Waals surface area contributed by atoms with Crippen LogP contribution in [-0.2, 0) is 0 Å². The Hall–Kier alpha value is -3.52. The molecule has 0 aliphatic rings. The van der Waals surface area contributed by atoms with E-state index in [0.29, 0.717) is 0 Å². The molecule has 0 aromatic heterocycles. The minimum atomic E-state index is 0.783. The zero-order valence-electron chi connectivity index (χ0n) is 15.7. The molecule has 0 aliphatic heterocycles. The molecule has 0 amide bonds. The standard InChI is InChI=1S/C17H17N.C8H9N/c1-2-3-12-17(18)16-11-7-10-15(13-16)14-8-5-4-6-9-14;1-2-7-5-3-4-6-8(7)9/h2-13H,18H2,1H3;2-6H,1,9H2/b3-2-,17-12-;. The normalized spacial score (nSPS) is 10.9. The number of anilines is 1. The second kappa shape index (κ2) is 10.5. The van der Waals surface area contributed by atoms with E-state index in [1.54, 1.807) is 6.08 Å². The highest BCUT2D eigenvalue weighted by Crippen LogP contribution is 2.22. The van der Waals surface area contributed by atoms with Crippen LogP contribution >= 0.6 is 0 Å². The van der Waals surface area contributed by atoms with Gasteiger partial charge >= 0.3 is 0 Å². The quantitative estimate of drug-likeness (QED) is 0.436. The van der Waals surface area contributed by atoms with E-state index < -0.39 is 0 Å². The van der Waals surface area contributed by atoms with Gasteiger partial charge < -0.3 is 11.5 Å². The first-order valence-corrected chi connectivity index (χ1v) is 8.87. The lowest BCUT2D eigenvalue weighted by Gasteiger charge is -2.05. The third-order valence-electron chi connectivity index (χ3n) is 3.99. The van der Waals surface area contributed by atoms with E-state index >= 15 is 0 Å². The van der Waals surface area contributed by atoms with Gasteiger partial charge in [0.05, 0.1) is 0 Å². The van der Waals surface area contributed by atoms with Gasteiger partial charge in [-0.3, -0.25) is 0 Å². The number of para-hydroxylation sites is 1. The summed E-state index contributed by atoms with van der Waals surface area (Å²) in [6.45, 7) is 5.59. The Morgan fingerprint density at radius 1 is 0.852 bits per heavy atom. The minimum Gasteiger partial charge on any atom is -0.398 e. The Labute approximate surface area is 162 Å². The van der Waals surface area contributed by atoms with Crippen molar-refractivity contribution in [2.24, 2.45) is 5.73 Å². The van der Waals surface area contributed by atoms with Gasteiger partial charge in [0.15, 0.2) is 0 Å². The molecule has 0 fully saturated rings. The lowest BCUT2D eigenvalue weighted by molar-refractivity contribution is 1.50. The molecule has 136 valence electrons. The van der Waals surface area contributed by atoms with Gasteiger partial charge in [-0.1, -0.05) is 91.5 Å². The monoisotopic (exact) mass is 354 g/mol. The van der Waals surface area contributed by atoms with Crippen molar-refractivity contribution in [3.05, 3.63) is 115 Å². The summed E-state index contributed by atoms with van der Waals surface area (Å²) < 4.78 is 0. The highest BCUT2D eigenvalue weighted by atomic mass is 14.6. The van der Waals surface area contributed by atoms with Crippen molar-refractivity contribution < 1.29 is 0 Å². The van der Waals surface area contributed by atoms with Gasteiger partial charge in [-0.15, -0.1) is 0 Å². The SMILES string of the molecule is C/C=C\C=C(/N)c1cccc(-c2ccccc2)c1.C=Cc1ccccc1N. The summed E-state index contributed by atoms with van der Waals surface area (Å²) in [4.78, 5) is 0. The Balaban J connectivity index is 0.000000244. The molecule has 3 aromatic rings. The molecule has 0 atom stereocenters. The maximum absolute atomic E-state index is 6.04. The maximum atomic E-state index is 6.04. The van der Waals surface area contributed by atoms with Gasteiger partial charge in [-0.05, 0) is 47.4 Å². The second-order valence-electron chi connectivity index (χ2n) is 5.93. The van der Waals surface area contributed by atoms with E-state index in [-0.39, 0.29) is 0 Å². The van der Waals surface area contributed by atoms with E-state index in [0.717, 1.165) is 22.5 Å². The van der Waals surface area contributed by atoms with Crippen molar-refractivity contribution in [1.82, 2.24) is 0 Å². The molecule has 27 heavy (non-hydrogen) atoms. The lowest BCUT2D eigenvalue weighted by Crippen LogP contribution is -1.95. The van der Waals surface area contributed by atoms with Crippen molar-refractivity contribution in [1.29, 1.82) is 0 Å². The van der Waals surface area contributed by atoms with E-state index in [9.17, 15) is 0 Å². The molecule has 3 aromatic carbocycles. The van der Waals surface area contributed by atoms with E-state index in [1.807, 2.05) is 79.7 Å². The number of hydrogen-bond acceptors (Lipinski definition) is 2. The number of nitrogens with two attached hydrogens (primary N) is 2. The van der Waals surface area contributed by atoms with Crippen molar-refractivity contribution in [2.75, 3.05) is 5.73 Å². The topological polar surface area (TPSA) is 52.0 Å². The lowest BCUT2D eigenvalue weighted by atomic mass is 10.0. The summed E-state index contributed by atoms with van der Waals surface area (Å²) in [7, 11) is 0. The maximum Gasteiger partial charge on any atom is 0.0387 e. The molecule has 0 saturated carbocycles. The predicted molar refractivity (Wildman–Crippen MR) is 120 cm³/mol. The summed E-state index contributed by atoms with van der Waals surface area (Å²) >= 11 is 0. The van der Waals surface area contributed by atoms with Crippen LogP contribution in [0.25, 0.3) is 22.9 Å². The average molecular weight is 354 g/mol. The molecule has 0 heterocycles. The number of hydrogen-bond donors (Lipinski definition) is 2. The molecular formula is C25H26N2. The van der Waals surface area contributed by atoms with Crippen LogP contribution in [0.4, 0.5) is 5.69 Å². The molecule has 0 aliphatic carbocycles. The van der Waals surface area contributed by atoms with Gasteiger partial charge in [0.2, 0.25) is 0 Å². The first-order chi connectivity index (χ1) is 13.2. The summed E-state index contributed by atoms with van der Waals surface area (Å²) in [6, 6.07) is 26.2. The third kappa shape index (κ3) is 6.05. The molecule has 2 heteroatoms. The van der Waals surface area contributed by atoms with Crippen molar-refractivity contribution in [3.63, 3.8) is 0 Å². The van der Waals surface area contributed by atoms with Crippen molar-refractivity contribution in [3.8, 4) is 11.1 Å². The van der Waals surface area contributed by atoms with Crippen LogP contribution in [-0.4, -0.2) is 0 Å². The number of nitrogen functional groups attached to an aromatic ring is 1. The van der Waals surface area contributed by atoms with Crippen LogP contribution < -0.4 is 11.5 Å². The zero-order chi connectivity index (χ0) is 19.5. The van der Waals surface area contributed by atoms with Gasteiger partial charge in [0.25, 0.3) is 0 Å². The largest absolute Gasteiger partial charge is 0.398 e. The molecule has 0 bridgehead atoms. The average Bonchev–Trinajstić information content (AvgIpc) is 2.73. The summed E-state index contributed by atoms with van der Waals surface area (Å²) in [6.07, 6.45) is 7.58. The van der Waals surface area contributed by atoms with Crippen molar-refractivity contribution in [2.45, 2.75) is 6.92 Å². The highest BCUT2D eigenvalue weighted by Gasteiger charge is 2.00. The Bertz CT molecular complexity index is 922. The fraction of sp³-hybridized carbons (Fsp3) is 0.0400. The molecule has 2 nitrogen and oxygen atoms in total. The van der Waals surface area contributed by atoms with E-state index in [4.69, 9.17) is 11.5 Å². The van der Waals surface area contributed by atoms with Gasteiger partial charge in [-0.2, -0.15) is 0 Å². The Kier molecular flexibility index (Phi) is 7.68. The smallest absolute Gasteiger partial charge is 0.0387 e. The summed E-state index contributed by atoms with van der Waals surface area (Å²) in [5.74, 6) is 0. The fourth-order valence-electron chi connectivity index (χ4n) is 2.50. The van der Waals surface area contributed by atoms with Gasteiger partial charge in [-0.25, -0.2) is 0 Å². The van der Waals surface area contributed by atoms with Crippen LogP contribution in [0.2, 0.25) is 0 Å². The van der Waals surface area contributed by atoms with Crippen LogP contribution in [0.3, 0.4) is 0 Å². The predicted octanol–water partition coefficient (Wildman–Crippen LogP) is 6.14. The number of benzene rings is 3. The van der Waals surface area contributed by atoms with Crippen molar-refractivity contribution >= 4 is 17.5 Å². The molecule has 0 unspecified atom stereocenters. The highest BCUT2D eigenvalue weighted by molar-refractivity contribution is 5.71. The van der Waals surface area contributed by atoms with E-state index in [2.05, 4.69) is 30.8 Å². The Morgan fingerprint density at radius 3 is 2.15 bits per heavy atom. The van der Waals surface area contributed by atoms with Crippen LogP contribution in [0.15, 0.2) is 104 Å². The Morgan fingerprint density at radius 2 is 1.52 bits per heavy atom. The van der Waals surface area contributed by atoms with Crippen LogP contribution in [0.5, 0.6) is 0 Å². The summed E-state index contributed by atoms with van der Waals surface area (Å²) in [5.41, 5.74) is 17.6. The number of allylic oxidation sites excluding steroid dienone is 3. The molecule has 0 radical (unpaired) electrons. The third-order valence-corrected chi connectivity index (χ3v) is 3.99. The first-order valence-electron chi connectivity index (χ1n) is 8.87.